The predicted molar refractivity (Wildman–Crippen MR) is 74.1 cm³/mol. The maximum atomic E-state index is 12.6. The number of aryl methyl sites for hydroxylation is 2. The number of halogens is 4. The summed E-state index contributed by atoms with van der Waals surface area (Å²) >= 11 is 6.15. The minimum absolute atomic E-state index is 0.229. The molecule has 0 aliphatic rings. The molecule has 7 heteroatoms. The van der Waals surface area contributed by atoms with Crippen molar-refractivity contribution < 1.29 is 13.2 Å². The van der Waals surface area contributed by atoms with Gasteiger partial charge in [-0.15, -0.1) is 0 Å². The van der Waals surface area contributed by atoms with Crippen molar-refractivity contribution in [2.75, 3.05) is 6.54 Å². The SMILES string of the molecule is CCCNC(Cc1c(Cl)c(C)nn1CC)CC(F)(F)F. The van der Waals surface area contributed by atoms with Gasteiger partial charge in [0.05, 0.1) is 22.8 Å². The first-order valence-corrected chi connectivity index (χ1v) is 7.18. The molecule has 0 amide bonds. The third-order valence-electron chi connectivity index (χ3n) is 3.05. The first-order chi connectivity index (χ1) is 9.28. The summed E-state index contributed by atoms with van der Waals surface area (Å²) in [4.78, 5) is 0. The second-order valence-corrected chi connectivity index (χ2v) is 5.21. The summed E-state index contributed by atoms with van der Waals surface area (Å²) in [5.41, 5.74) is 1.33. The molecule has 1 unspecified atom stereocenters. The van der Waals surface area contributed by atoms with Crippen LogP contribution in [0, 0.1) is 6.92 Å². The van der Waals surface area contributed by atoms with Crippen molar-refractivity contribution in [1.29, 1.82) is 0 Å². The van der Waals surface area contributed by atoms with Crippen LogP contribution in [0.4, 0.5) is 13.2 Å². The Morgan fingerprint density at radius 2 is 2.00 bits per heavy atom. The highest BCUT2D eigenvalue weighted by atomic mass is 35.5. The van der Waals surface area contributed by atoms with Gasteiger partial charge in [-0.25, -0.2) is 0 Å². The summed E-state index contributed by atoms with van der Waals surface area (Å²) in [6.07, 6.45) is -4.04. The number of hydrogen-bond acceptors (Lipinski definition) is 2. The van der Waals surface area contributed by atoms with Crippen molar-refractivity contribution in [3.63, 3.8) is 0 Å². The monoisotopic (exact) mass is 311 g/mol. The van der Waals surface area contributed by atoms with Crippen LogP contribution in [-0.2, 0) is 13.0 Å². The van der Waals surface area contributed by atoms with E-state index in [2.05, 4.69) is 10.4 Å². The number of nitrogens with one attached hydrogen (secondary N) is 1. The molecule has 1 aromatic heterocycles. The Kier molecular flexibility index (Phi) is 6.33. The Bertz CT molecular complexity index is 429. The van der Waals surface area contributed by atoms with Crippen LogP contribution in [0.5, 0.6) is 0 Å². The number of nitrogens with zero attached hydrogens (tertiary/aromatic N) is 2. The minimum atomic E-state index is -4.19. The van der Waals surface area contributed by atoms with Gasteiger partial charge in [0.15, 0.2) is 0 Å². The molecular weight excluding hydrogens is 291 g/mol. The Hall–Kier alpha value is -0.750. The van der Waals surface area contributed by atoms with Crippen LogP contribution in [0.25, 0.3) is 0 Å². The Morgan fingerprint density at radius 3 is 2.50 bits per heavy atom. The van der Waals surface area contributed by atoms with Crippen molar-refractivity contribution in [2.24, 2.45) is 0 Å². The molecule has 0 aromatic carbocycles. The van der Waals surface area contributed by atoms with E-state index in [4.69, 9.17) is 11.6 Å². The largest absolute Gasteiger partial charge is 0.390 e. The molecule has 0 aliphatic carbocycles. The molecule has 0 aliphatic heterocycles. The van der Waals surface area contributed by atoms with E-state index in [1.807, 2.05) is 13.8 Å². The molecule has 20 heavy (non-hydrogen) atoms. The fraction of sp³-hybridized carbons (Fsp3) is 0.769. The third-order valence-corrected chi connectivity index (χ3v) is 3.55. The van der Waals surface area contributed by atoms with Gasteiger partial charge in [-0.05, 0) is 26.8 Å². The molecule has 0 radical (unpaired) electrons. The second kappa shape index (κ2) is 7.31. The van der Waals surface area contributed by atoms with E-state index in [-0.39, 0.29) is 6.42 Å². The smallest absolute Gasteiger partial charge is 0.313 e. The zero-order valence-corrected chi connectivity index (χ0v) is 12.8. The second-order valence-electron chi connectivity index (χ2n) is 4.84. The van der Waals surface area contributed by atoms with Crippen LogP contribution in [0.3, 0.4) is 0 Å². The molecule has 0 fully saturated rings. The van der Waals surface area contributed by atoms with Crippen LogP contribution in [0.2, 0.25) is 5.02 Å². The molecule has 1 rings (SSSR count). The number of alkyl halides is 3. The van der Waals surface area contributed by atoms with E-state index >= 15 is 0 Å². The summed E-state index contributed by atoms with van der Waals surface area (Å²) in [7, 11) is 0. The van der Waals surface area contributed by atoms with Crippen molar-refractivity contribution in [3.05, 3.63) is 16.4 Å². The molecule has 116 valence electrons. The zero-order valence-electron chi connectivity index (χ0n) is 12.0. The lowest BCUT2D eigenvalue weighted by Gasteiger charge is -2.20. The maximum Gasteiger partial charge on any atom is 0.390 e. The maximum absolute atomic E-state index is 12.6. The van der Waals surface area contributed by atoms with E-state index in [1.54, 1.807) is 11.6 Å². The number of aromatic nitrogens is 2. The zero-order chi connectivity index (χ0) is 15.3. The Balaban J connectivity index is 2.88. The molecule has 1 N–H and O–H groups in total. The van der Waals surface area contributed by atoms with Crippen LogP contribution in [-0.4, -0.2) is 28.5 Å². The van der Waals surface area contributed by atoms with Crippen LogP contribution in [0.1, 0.15) is 38.1 Å². The van der Waals surface area contributed by atoms with Gasteiger partial charge >= 0.3 is 6.18 Å². The van der Waals surface area contributed by atoms with Gasteiger partial charge in [-0.2, -0.15) is 18.3 Å². The van der Waals surface area contributed by atoms with E-state index in [1.165, 1.54) is 0 Å². The van der Waals surface area contributed by atoms with Gasteiger partial charge in [-0.1, -0.05) is 18.5 Å². The molecule has 3 nitrogen and oxygen atoms in total. The molecule has 1 atom stereocenters. The highest BCUT2D eigenvalue weighted by Gasteiger charge is 2.32. The Labute approximate surface area is 122 Å². The summed E-state index contributed by atoms with van der Waals surface area (Å²) < 4.78 is 39.6. The van der Waals surface area contributed by atoms with Gasteiger partial charge in [0.1, 0.15) is 0 Å². The van der Waals surface area contributed by atoms with Crippen molar-refractivity contribution in [2.45, 2.75) is 58.8 Å². The van der Waals surface area contributed by atoms with Gasteiger partial charge in [-0.3, -0.25) is 4.68 Å². The standard InChI is InChI=1S/C13H21ClF3N3/c1-4-6-18-10(8-13(15,16)17)7-11-12(14)9(3)19-20(11)5-2/h10,18H,4-8H2,1-3H3. The van der Waals surface area contributed by atoms with Gasteiger partial charge in [0.2, 0.25) is 0 Å². The van der Waals surface area contributed by atoms with Crippen molar-refractivity contribution in [3.8, 4) is 0 Å². The summed E-state index contributed by atoms with van der Waals surface area (Å²) in [5.74, 6) is 0. The normalized spacial score (nSPS) is 13.8. The molecule has 0 saturated carbocycles. The van der Waals surface area contributed by atoms with Gasteiger partial charge in [0, 0.05) is 19.0 Å². The lowest BCUT2D eigenvalue weighted by Crippen LogP contribution is -2.36. The van der Waals surface area contributed by atoms with Crippen molar-refractivity contribution >= 4 is 11.6 Å². The first-order valence-electron chi connectivity index (χ1n) is 6.80. The lowest BCUT2D eigenvalue weighted by molar-refractivity contribution is -0.140. The molecule has 1 heterocycles. The third kappa shape index (κ3) is 4.98. The van der Waals surface area contributed by atoms with E-state index in [9.17, 15) is 13.2 Å². The predicted octanol–water partition coefficient (Wildman–Crippen LogP) is 3.73. The highest BCUT2D eigenvalue weighted by molar-refractivity contribution is 6.31. The quantitative estimate of drug-likeness (QED) is 0.831. The molecule has 0 spiro atoms. The van der Waals surface area contributed by atoms with Gasteiger partial charge in [0.25, 0.3) is 0 Å². The lowest BCUT2D eigenvalue weighted by atomic mass is 10.1. The Morgan fingerprint density at radius 1 is 1.35 bits per heavy atom. The summed E-state index contributed by atoms with van der Waals surface area (Å²) in [5, 5.41) is 7.65. The fourth-order valence-electron chi connectivity index (χ4n) is 2.14. The van der Waals surface area contributed by atoms with E-state index in [0.29, 0.717) is 29.5 Å². The van der Waals surface area contributed by atoms with Crippen LogP contribution in [0.15, 0.2) is 0 Å². The average Bonchev–Trinajstić information content (AvgIpc) is 2.61. The van der Waals surface area contributed by atoms with Crippen LogP contribution < -0.4 is 5.32 Å². The summed E-state index contributed by atoms with van der Waals surface area (Å²) in [6.45, 7) is 6.72. The molecule has 1 aromatic rings. The first kappa shape index (κ1) is 17.3. The topological polar surface area (TPSA) is 29.9 Å². The molecule has 0 saturated heterocycles. The van der Waals surface area contributed by atoms with E-state index < -0.39 is 18.6 Å². The average molecular weight is 312 g/mol. The van der Waals surface area contributed by atoms with Gasteiger partial charge < -0.3 is 5.32 Å². The van der Waals surface area contributed by atoms with Crippen molar-refractivity contribution in [1.82, 2.24) is 15.1 Å². The highest BCUT2D eigenvalue weighted by Crippen LogP contribution is 2.26. The number of rotatable bonds is 7. The number of hydrogen-bond donors (Lipinski definition) is 1. The molecular formula is C13H21ClF3N3. The molecule has 0 bridgehead atoms. The summed E-state index contributed by atoms with van der Waals surface area (Å²) in [6, 6.07) is -0.672. The van der Waals surface area contributed by atoms with Crippen LogP contribution >= 0.6 is 11.6 Å². The van der Waals surface area contributed by atoms with E-state index in [0.717, 1.165) is 6.42 Å². The minimum Gasteiger partial charge on any atom is -0.313 e. The fourth-order valence-corrected chi connectivity index (χ4v) is 2.35.